The number of ether oxygens (including phenoxy) is 1. The van der Waals surface area contributed by atoms with Gasteiger partial charge in [0.25, 0.3) is 0 Å². The first kappa shape index (κ1) is 10.5. The van der Waals surface area contributed by atoms with E-state index >= 15 is 0 Å². The molecule has 80 valence electrons. The Bertz CT molecular complexity index is 211. The van der Waals surface area contributed by atoms with E-state index in [-0.39, 0.29) is 5.92 Å². The maximum Gasteiger partial charge on any atom is 0.149 e. The third kappa shape index (κ3) is 2.14. The average Bonchev–Trinajstić information content (AvgIpc) is 2.70. The van der Waals surface area contributed by atoms with Gasteiger partial charge >= 0.3 is 0 Å². The Labute approximate surface area is 89.8 Å². The van der Waals surface area contributed by atoms with Crippen LogP contribution in [-0.4, -0.2) is 30.0 Å². The quantitative estimate of drug-likeness (QED) is 0.704. The lowest BCUT2D eigenvalue weighted by atomic mass is 9.84. The third-order valence-electron chi connectivity index (χ3n) is 3.25. The van der Waals surface area contributed by atoms with E-state index in [4.69, 9.17) is 4.74 Å². The fourth-order valence-corrected chi connectivity index (χ4v) is 3.63. The summed E-state index contributed by atoms with van der Waals surface area (Å²) in [6.07, 6.45) is 3.27. The van der Waals surface area contributed by atoms with Gasteiger partial charge in [-0.15, -0.1) is 0 Å². The minimum absolute atomic E-state index is 0.277. The van der Waals surface area contributed by atoms with E-state index in [2.05, 4.69) is 6.92 Å². The summed E-state index contributed by atoms with van der Waals surface area (Å²) < 4.78 is 5.37. The topological polar surface area (TPSA) is 26.3 Å². The van der Waals surface area contributed by atoms with Crippen molar-refractivity contribution in [2.75, 3.05) is 19.0 Å². The number of ketones is 1. The second kappa shape index (κ2) is 4.67. The Kier molecular flexibility index (Phi) is 3.50. The molecule has 2 fully saturated rings. The van der Waals surface area contributed by atoms with Crippen molar-refractivity contribution in [3.8, 4) is 0 Å². The van der Waals surface area contributed by atoms with E-state index in [1.807, 2.05) is 11.8 Å². The molecule has 2 rings (SSSR count). The highest BCUT2D eigenvalue weighted by Gasteiger charge is 2.34. The molecule has 2 saturated heterocycles. The molecule has 0 aromatic carbocycles. The Hall–Kier alpha value is -0.0200. The van der Waals surface area contributed by atoms with Gasteiger partial charge in [-0.2, -0.15) is 11.8 Å². The van der Waals surface area contributed by atoms with Crippen molar-refractivity contribution in [3.63, 3.8) is 0 Å². The van der Waals surface area contributed by atoms with Gasteiger partial charge in [-0.3, -0.25) is 4.79 Å². The number of thioether (sulfide) groups is 1. The Morgan fingerprint density at radius 3 is 2.93 bits per heavy atom. The molecule has 3 heteroatoms. The molecule has 0 aromatic rings. The fraction of sp³-hybridized carbons (Fsp3) is 0.909. The number of carbonyl (C=O) groups is 1. The molecular weight excluding hydrogens is 196 g/mol. The maximum absolute atomic E-state index is 12.1. The largest absolute Gasteiger partial charge is 0.381 e. The summed E-state index contributed by atoms with van der Waals surface area (Å²) in [4.78, 5) is 12.1. The average molecular weight is 214 g/mol. The molecule has 2 aliphatic heterocycles. The van der Waals surface area contributed by atoms with Crippen LogP contribution in [0.4, 0.5) is 0 Å². The van der Waals surface area contributed by atoms with Gasteiger partial charge in [0.15, 0.2) is 0 Å². The zero-order chi connectivity index (χ0) is 9.97. The molecule has 0 bridgehead atoms. The zero-order valence-electron chi connectivity index (χ0n) is 8.70. The highest BCUT2D eigenvalue weighted by atomic mass is 32.2. The highest BCUT2D eigenvalue weighted by Crippen LogP contribution is 2.33. The normalized spacial score (nSPS) is 38.5. The standard InChI is InChI=1S/C11H18O2S/c1-8-7-13-5-4-9(8)11(12)10-3-2-6-14-10/h8-10H,2-7H2,1H3. The van der Waals surface area contributed by atoms with Crippen LogP contribution in [0.15, 0.2) is 0 Å². The van der Waals surface area contributed by atoms with Gasteiger partial charge in [0, 0.05) is 19.1 Å². The SMILES string of the molecule is CC1COCCC1C(=O)C1CCCS1. The maximum atomic E-state index is 12.1. The summed E-state index contributed by atoms with van der Waals surface area (Å²) in [6.45, 7) is 3.69. The third-order valence-corrected chi connectivity index (χ3v) is 4.65. The molecule has 0 aliphatic carbocycles. The van der Waals surface area contributed by atoms with Crippen molar-refractivity contribution < 1.29 is 9.53 Å². The molecule has 3 unspecified atom stereocenters. The van der Waals surface area contributed by atoms with Gasteiger partial charge in [-0.1, -0.05) is 6.92 Å². The molecule has 0 spiro atoms. The van der Waals surface area contributed by atoms with Crippen LogP contribution in [0.3, 0.4) is 0 Å². The molecule has 2 aliphatic rings. The minimum Gasteiger partial charge on any atom is -0.381 e. The predicted octanol–water partition coefficient (Wildman–Crippen LogP) is 2.12. The summed E-state index contributed by atoms with van der Waals surface area (Å²) in [5.74, 6) is 2.38. The molecule has 2 nitrogen and oxygen atoms in total. The lowest BCUT2D eigenvalue weighted by Crippen LogP contribution is -2.35. The van der Waals surface area contributed by atoms with Crippen LogP contribution >= 0.6 is 11.8 Å². The molecule has 0 amide bonds. The van der Waals surface area contributed by atoms with Crippen molar-refractivity contribution in [3.05, 3.63) is 0 Å². The van der Waals surface area contributed by atoms with Crippen molar-refractivity contribution in [2.45, 2.75) is 31.4 Å². The molecule has 3 atom stereocenters. The van der Waals surface area contributed by atoms with Crippen molar-refractivity contribution in [1.82, 2.24) is 0 Å². The van der Waals surface area contributed by atoms with E-state index in [1.165, 1.54) is 12.2 Å². The first-order valence-corrected chi connectivity index (χ1v) is 6.57. The van der Waals surface area contributed by atoms with Crippen molar-refractivity contribution >= 4 is 17.5 Å². The Balaban J connectivity index is 1.94. The van der Waals surface area contributed by atoms with Crippen LogP contribution in [0.25, 0.3) is 0 Å². The molecular formula is C11H18O2S. The van der Waals surface area contributed by atoms with Gasteiger partial charge < -0.3 is 4.74 Å². The molecule has 2 heterocycles. The van der Waals surface area contributed by atoms with E-state index < -0.39 is 0 Å². The fourth-order valence-electron chi connectivity index (χ4n) is 2.34. The van der Waals surface area contributed by atoms with Crippen LogP contribution < -0.4 is 0 Å². The van der Waals surface area contributed by atoms with Gasteiger partial charge in [0.2, 0.25) is 0 Å². The summed E-state index contributed by atoms with van der Waals surface area (Å²) in [5.41, 5.74) is 0. The second-order valence-corrected chi connectivity index (χ2v) is 5.66. The molecule has 0 aromatic heterocycles. The van der Waals surface area contributed by atoms with Gasteiger partial charge in [0.05, 0.1) is 5.25 Å². The summed E-state index contributed by atoms with van der Waals surface area (Å²) in [7, 11) is 0. The molecule has 0 saturated carbocycles. The number of Topliss-reactive ketones (excluding diaryl/α,β-unsaturated/α-hetero) is 1. The number of hydrogen-bond donors (Lipinski definition) is 0. The van der Waals surface area contributed by atoms with Crippen LogP contribution in [0.2, 0.25) is 0 Å². The minimum atomic E-state index is 0.277. The number of carbonyl (C=O) groups excluding carboxylic acids is 1. The first-order valence-electron chi connectivity index (χ1n) is 5.52. The summed E-state index contributed by atoms with van der Waals surface area (Å²) >= 11 is 1.86. The number of rotatable bonds is 2. The predicted molar refractivity (Wildman–Crippen MR) is 58.6 cm³/mol. The molecule has 0 N–H and O–H groups in total. The van der Waals surface area contributed by atoms with Crippen LogP contribution in [0.5, 0.6) is 0 Å². The second-order valence-electron chi connectivity index (χ2n) is 4.35. The van der Waals surface area contributed by atoms with Crippen LogP contribution in [-0.2, 0) is 9.53 Å². The Morgan fingerprint density at radius 1 is 1.43 bits per heavy atom. The van der Waals surface area contributed by atoms with Crippen LogP contribution in [0.1, 0.15) is 26.2 Å². The van der Waals surface area contributed by atoms with Crippen molar-refractivity contribution in [2.24, 2.45) is 11.8 Å². The van der Waals surface area contributed by atoms with E-state index in [0.717, 1.165) is 26.1 Å². The summed E-state index contributed by atoms with van der Waals surface area (Å²) in [5, 5.41) is 0.306. The zero-order valence-corrected chi connectivity index (χ0v) is 9.52. The van der Waals surface area contributed by atoms with Gasteiger partial charge in [-0.05, 0) is 30.9 Å². The first-order chi connectivity index (χ1) is 6.79. The highest BCUT2D eigenvalue weighted by molar-refractivity contribution is 8.00. The molecule has 0 radical (unpaired) electrons. The number of hydrogen-bond acceptors (Lipinski definition) is 3. The van der Waals surface area contributed by atoms with Crippen LogP contribution in [0, 0.1) is 11.8 Å². The van der Waals surface area contributed by atoms with Gasteiger partial charge in [0.1, 0.15) is 5.78 Å². The van der Waals surface area contributed by atoms with Crippen molar-refractivity contribution in [1.29, 1.82) is 0 Å². The lowest BCUT2D eigenvalue weighted by Gasteiger charge is -2.29. The van der Waals surface area contributed by atoms with E-state index in [9.17, 15) is 4.79 Å². The summed E-state index contributed by atoms with van der Waals surface area (Å²) in [6, 6.07) is 0. The van der Waals surface area contributed by atoms with Gasteiger partial charge in [-0.25, -0.2) is 0 Å². The Morgan fingerprint density at radius 2 is 2.29 bits per heavy atom. The van der Waals surface area contributed by atoms with E-state index in [1.54, 1.807) is 0 Å². The van der Waals surface area contributed by atoms with E-state index in [0.29, 0.717) is 17.0 Å². The lowest BCUT2D eigenvalue weighted by molar-refractivity contribution is -0.127. The smallest absolute Gasteiger partial charge is 0.149 e. The molecule has 14 heavy (non-hydrogen) atoms. The monoisotopic (exact) mass is 214 g/mol.